The number of hydrogen-bond donors (Lipinski definition) is 1. The maximum atomic E-state index is 11.8. The minimum atomic E-state index is -0.933. The second-order valence-electron chi connectivity index (χ2n) is 4.07. The molecule has 1 atom stereocenters. The number of carboxylic acids is 1. The molecular formula is C11H11BrN2O3. The Kier molecular flexibility index (Phi) is 3.15. The van der Waals surface area contributed by atoms with Gasteiger partial charge < -0.3 is 10.0 Å². The van der Waals surface area contributed by atoms with Crippen LogP contribution >= 0.6 is 15.9 Å². The number of rotatable bonds is 2. The number of anilines is 1. The molecule has 0 spiro atoms. The smallest absolute Gasteiger partial charge is 0.308 e. The Bertz CT molecular complexity index is 490. The van der Waals surface area contributed by atoms with Crippen molar-refractivity contribution in [2.45, 2.75) is 13.3 Å². The molecule has 1 aromatic rings. The number of carboxylic acid groups (broad SMARTS) is 1. The monoisotopic (exact) mass is 298 g/mol. The van der Waals surface area contributed by atoms with E-state index >= 15 is 0 Å². The first kappa shape index (κ1) is 12.0. The SMILES string of the molecule is Cc1cnc(Br)c(N2CC(C(=O)O)CC2=O)c1. The van der Waals surface area contributed by atoms with Crippen LogP contribution in [0.1, 0.15) is 12.0 Å². The van der Waals surface area contributed by atoms with Gasteiger partial charge in [0.05, 0.1) is 11.6 Å². The Balaban J connectivity index is 2.32. The van der Waals surface area contributed by atoms with Gasteiger partial charge in [-0.05, 0) is 34.5 Å². The molecule has 1 N–H and O–H groups in total. The van der Waals surface area contributed by atoms with E-state index in [1.54, 1.807) is 6.20 Å². The molecule has 1 unspecified atom stereocenters. The van der Waals surface area contributed by atoms with Crippen molar-refractivity contribution in [1.82, 2.24) is 4.98 Å². The summed E-state index contributed by atoms with van der Waals surface area (Å²) in [6.07, 6.45) is 1.73. The van der Waals surface area contributed by atoms with Crippen LogP contribution < -0.4 is 4.90 Å². The molecule has 1 fully saturated rings. The highest BCUT2D eigenvalue weighted by molar-refractivity contribution is 9.10. The molecule has 0 saturated carbocycles. The number of amides is 1. The van der Waals surface area contributed by atoms with Gasteiger partial charge in [-0.15, -0.1) is 0 Å². The molecule has 5 nitrogen and oxygen atoms in total. The van der Waals surface area contributed by atoms with Crippen molar-refractivity contribution in [2.24, 2.45) is 5.92 Å². The van der Waals surface area contributed by atoms with Crippen LogP contribution in [-0.4, -0.2) is 28.5 Å². The fraction of sp³-hybridized carbons (Fsp3) is 0.364. The van der Waals surface area contributed by atoms with Crippen molar-refractivity contribution >= 4 is 33.5 Å². The molecular weight excluding hydrogens is 288 g/mol. The Morgan fingerprint density at radius 3 is 2.94 bits per heavy atom. The number of halogens is 1. The third kappa shape index (κ3) is 2.31. The maximum absolute atomic E-state index is 11.8. The fourth-order valence-corrected chi connectivity index (χ4v) is 2.26. The van der Waals surface area contributed by atoms with E-state index in [9.17, 15) is 9.59 Å². The van der Waals surface area contributed by atoms with Crippen LogP contribution in [0.2, 0.25) is 0 Å². The minimum absolute atomic E-state index is 0.0513. The first-order valence-corrected chi connectivity index (χ1v) is 5.93. The lowest BCUT2D eigenvalue weighted by Gasteiger charge is -2.17. The summed E-state index contributed by atoms with van der Waals surface area (Å²) < 4.78 is 0.558. The number of carbonyl (C=O) groups is 2. The average molecular weight is 299 g/mol. The number of aromatic nitrogens is 1. The van der Waals surface area contributed by atoms with Gasteiger partial charge in [0.1, 0.15) is 4.60 Å². The normalized spacial score (nSPS) is 19.8. The predicted octanol–water partition coefficient (Wildman–Crippen LogP) is 1.59. The summed E-state index contributed by atoms with van der Waals surface area (Å²) in [6.45, 7) is 2.08. The van der Waals surface area contributed by atoms with Gasteiger partial charge in [0.15, 0.2) is 0 Å². The van der Waals surface area contributed by atoms with Crippen LogP contribution in [0.4, 0.5) is 5.69 Å². The third-order valence-electron chi connectivity index (χ3n) is 2.72. The highest BCUT2D eigenvalue weighted by atomic mass is 79.9. The summed E-state index contributed by atoms with van der Waals surface area (Å²) >= 11 is 3.27. The molecule has 0 aliphatic carbocycles. The van der Waals surface area contributed by atoms with E-state index in [-0.39, 0.29) is 18.9 Å². The zero-order valence-corrected chi connectivity index (χ0v) is 10.8. The Morgan fingerprint density at radius 1 is 1.65 bits per heavy atom. The van der Waals surface area contributed by atoms with E-state index in [0.29, 0.717) is 10.3 Å². The molecule has 1 saturated heterocycles. The number of aliphatic carboxylic acids is 1. The van der Waals surface area contributed by atoms with Gasteiger partial charge in [-0.3, -0.25) is 9.59 Å². The first-order valence-electron chi connectivity index (χ1n) is 5.14. The van der Waals surface area contributed by atoms with Crippen LogP contribution in [0, 0.1) is 12.8 Å². The van der Waals surface area contributed by atoms with Crippen LogP contribution in [0.25, 0.3) is 0 Å². The third-order valence-corrected chi connectivity index (χ3v) is 3.33. The van der Waals surface area contributed by atoms with Crippen molar-refractivity contribution in [3.05, 3.63) is 22.4 Å². The summed E-state index contributed by atoms with van der Waals surface area (Å²) in [4.78, 5) is 28.2. The van der Waals surface area contributed by atoms with Gasteiger partial charge in [0.25, 0.3) is 0 Å². The van der Waals surface area contributed by atoms with Gasteiger partial charge in [-0.25, -0.2) is 4.98 Å². The highest BCUT2D eigenvalue weighted by Crippen LogP contribution is 2.30. The van der Waals surface area contributed by atoms with Gasteiger partial charge in [0, 0.05) is 19.2 Å². The van der Waals surface area contributed by atoms with Crippen molar-refractivity contribution in [2.75, 3.05) is 11.4 Å². The second-order valence-corrected chi connectivity index (χ2v) is 4.82. The summed E-state index contributed by atoms with van der Waals surface area (Å²) in [6, 6.07) is 1.82. The summed E-state index contributed by atoms with van der Waals surface area (Å²) in [5.41, 5.74) is 1.56. The Hall–Kier alpha value is -1.43. The zero-order valence-electron chi connectivity index (χ0n) is 9.18. The quantitative estimate of drug-likeness (QED) is 0.842. The number of pyridine rings is 1. The van der Waals surface area contributed by atoms with E-state index in [2.05, 4.69) is 20.9 Å². The lowest BCUT2D eigenvalue weighted by molar-refractivity contribution is -0.141. The summed E-state index contributed by atoms with van der Waals surface area (Å²) in [5.74, 6) is -1.74. The van der Waals surface area contributed by atoms with Crippen molar-refractivity contribution in [3.63, 3.8) is 0 Å². The molecule has 17 heavy (non-hydrogen) atoms. The molecule has 1 aliphatic rings. The number of carbonyl (C=O) groups excluding carboxylic acids is 1. The Morgan fingerprint density at radius 2 is 2.35 bits per heavy atom. The Labute approximate surface area is 107 Å². The molecule has 0 bridgehead atoms. The van der Waals surface area contributed by atoms with Crippen LogP contribution in [0.3, 0.4) is 0 Å². The maximum Gasteiger partial charge on any atom is 0.308 e. The fourth-order valence-electron chi connectivity index (χ4n) is 1.83. The molecule has 2 heterocycles. The van der Waals surface area contributed by atoms with Gasteiger partial charge in [-0.1, -0.05) is 0 Å². The second kappa shape index (κ2) is 4.44. The molecule has 0 radical (unpaired) electrons. The lowest BCUT2D eigenvalue weighted by atomic mass is 10.1. The average Bonchev–Trinajstić information content (AvgIpc) is 2.64. The van der Waals surface area contributed by atoms with E-state index in [1.165, 1.54) is 4.90 Å². The highest BCUT2D eigenvalue weighted by Gasteiger charge is 2.35. The number of aryl methyl sites for hydroxylation is 1. The van der Waals surface area contributed by atoms with Gasteiger partial charge in [-0.2, -0.15) is 0 Å². The minimum Gasteiger partial charge on any atom is -0.481 e. The molecule has 1 aromatic heterocycles. The summed E-state index contributed by atoms with van der Waals surface area (Å²) in [7, 11) is 0. The largest absolute Gasteiger partial charge is 0.481 e. The molecule has 2 rings (SSSR count). The summed E-state index contributed by atoms with van der Waals surface area (Å²) in [5, 5.41) is 8.91. The standard InChI is InChI=1S/C11H11BrN2O3/c1-6-2-8(10(12)13-4-6)14-5-7(11(16)17)3-9(14)15/h2,4,7H,3,5H2,1H3,(H,16,17). The van der Waals surface area contributed by atoms with E-state index in [1.807, 2.05) is 13.0 Å². The van der Waals surface area contributed by atoms with Crippen molar-refractivity contribution < 1.29 is 14.7 Å². The van der Waals surface area contributed by atoms with Crippen LogP contribution in [0.5, 0.6) is 0 Å². The van der Waals surface area contributed by atoms with E-state index in [4.69, 9.17) is 5.11 Å². The zero-order chi connectivity index (χ0) is 12.6. The van der Waals surface area contributed by atoms with E-state index < -0.39 is 11.9 Å². The predicted molar refractivity (Wildman–Crippen MR) is 64.8 cm³/mol. The van der Waals surface area contributed by atoms with E-state index in [0.717, 1.165) is 5.56 Å². The number of hydrogen-bond acceptors (Lipinski definition) is 3. The molecule has 0 aromatic carbocycles. The molecule has 6 heteroatoms. The van der Waals surface area contributed by atoms with Crippen LogP contribution in [-0.2, 0) is 9.59 Å². The molecule has 1 aliphatic heterocycles. The van der Waals surface area contributed by atoms with Gasteiger partial charge >= 0.3 is 5.97 Å². The lowest BCUT2D eigenvalue weighted by Crippen LogP contribution is -2.26. The van der Waals surface area contributed by atoms with Gasteiger partial charge in [0.2, 0.25) is 5.91 Å². The molecule has 1 amide bonds. The first-order chi connectivity index (χ1) is 7.99. The van der Waals surface area contributed by atoms with Crippen LogP contribution in [0.15, 0.2) is 16.9 Å². The van der Waals surface area contributed by atoms with Crippen molar-refractivity contribution in [3.8, 4) is 0 Å². The topological polar surface area (TPSA) is 70.5 Å². The number of nitrogens with zero attached hydrogens (tertiary/aromatic N) is 2. The van der Waals surface area contributed by atoms with Crippen molar-refractivity contribution in [1.29, 1.82) is 0 Å². The molecule has 90 valence electrons.